The molecule has 88 valence electrons. The molecule has 0 fully saturated rings. The van der Waals surface area contributed by atoms with E-state index in [9.17, 15) is 0 Å². The lowest BCUT2D eigenvalue weighted by atomic mass is 10.1. The van der Waals surface area contributed by atoms with Crippen molar-refractivity contribution >= 4 is 15.9 Å². The number of nitrogens with two attached hydrogens (primary N) is 1. The Kier molecular flexibility index (Phi) is 5.35. The molecule has 0 saturated heterocycles. The Morgan fingerprint density at radius 2 is 2.19 bits per heavy atom. The number of hydrogen-bond acceptors (Lipinski definition) is 3. The Bertz CT molecular complexity index is 366. The van der Waals surface area contributed by atoms with Crippen LogP contribution in [-0.2, 0) is 6.42 Å². The molecule has 0 spiro atoms. The molecule has 1 aromatic rings. The van der Waals surface area contributed by atoms with Crippen molar-refractivity contribution in [1.29, 1.82) is 0 Å². The molecule has 0 heterocycles. The summed E-state index contributed by atoms with van der Waals surface area (Å²) >= 11 is 3.24. The van der Waals surface area contributed by atoms with Gasteiger partial charge in [-0.25, -0.2) is 0 Å². The first-order valence-corrected chi connectivity index (χ1v) is 5.79. The van der Waals surface area contributed by atoms with Gasteiger partial charge in [0, 0.05) is 4.48 Å². The highest BCUT2D eigenvalue weighted by atomic mass is 79.9. The Balaban J connectivity index is 2.80. The fraction of sp³-hybridized carbons (Fsp3) is 0.333. The minimum Gasteiger partial charge on any atom is -0.493 e. The Hall–Kier alpha value is -1.00. The highest BCUT2D eigenvalue weighted by Gasteiger charge is 2.05. The van der Waals surface area contributed by atoms with Crippen LogP contribution in [0.4, 0.5) is 0 Å². The summed E-state index contributed by atoms with van der Waals surface area (Å²) in [6.45, 7) is 4.76. The van der Waals surface area contributed by atoms with Gasteiger partial charge in [-0.3, -0.25) is 0 Å². The summed E-state index contributed by atoms with van der Waals surface area (Å²) < 4.78 is 11.6. The van der Waals surface area contributed by atoms with Crippen molar-refractivity contribution < 1.29 is 9.47 Å². The zero-order valence-electron chi connectivity index (χ0n) is 9.33. The Morgan fingerprint density at radius 1 is 1.44 bits per heavy atom. The van der Waals surface area contributed by atoms with Gasteiger partial charge in [0.15, 0.2) is 11.5 Å². The molecular weight excluding hydrogens is 270 g/mol. The Labute approximate surface area is 104 Å². The number of rotatable bonds is 6. The quantitative estimate of drug-likeness (QED) is 0.873. The Morgan fingerprint density at radius 3 is 2.75 bits per heavy atom. The van der Waals surface area contributed by atoms with Crippen LogP contribution in [0.15, 0.2) is 29.3 Å². The van der Waals surface area contributed by atoms with Gasteiger partial charge in [0.1, 0.15) is 6.61 Å². The van der Waals surface area contributed by atoms with E-state index in [-0.39, 0.29) is 0 Å². The van der Waals surface area contributed by atoms with Crippen molar-refractivity contribution in [2.45, 2.75) is 6.42 Å². The van der Waals surface area contributed by atoms with Crippen LogP contribution in [0.25, 0.3) is 0 Å². The number of hydrogen-bond donors (Lipinski definition) is 1. The van der Waals surface area contributed by atoms with Gasteiger partial charge in [-0.15, -0.1) is 0 Å². The van der Waals surface area contributed by atoms with Gasteiger partial charge in [-0.2, -0.15) is 0 Å². The third-order valence-electron chi connectivity index (χ3n) is 2.05. The first-order chi connectivity index (χ1) is 7.67. The second-order valence-electron chi connectivity index (χ2n) is 3.33. The molecule has 1 rings (SSSR count). The van der Waals surface area contributed by atoms with Crippen molar-refractivity contribution in [2.24, 2.45) is 5.73 Å². The van der Waals surface area contributed by atoms with E-state index in [1.165, 1.54) is 0 Å². The number of halogens is 1. The van der Waals surface area contributed by atoms with E-state index in [4.69, 9.17) is 15.2 Å². The summed E-state index contributed by atoms with van der Waals surface area (Å²) in [6.07, 6.45) is 0.835. The van der Waals surface area contributed by atoms with Gasteiger partial charge in [0.2, 0.25) is 0 Å². The molecule has 0 aliphatic rings. The van der Waals surface area contributed by atoms with Crippen LogP contribution < -0.4 is 15.2 Å². The van der Waals surface area contributed by atoms with Gasteiger partial charge in [-0.1, -0.05) is 28.6 Å². The summed E-state index contributed by atoms with van der Waals surface area (Å²) in [5, 5.41) is 0. The van der Waals surface area contributed by atoms with Crippen LogP contribution in [0.2, 0.25) is 0 Å². The summed E-state index contributed by atoms with van der Waals surface area (Å²) in [5.41, 5.74) is 6.64. The van der Waals surface area contributed by atoms with E-state index in [0.717, 1.165) is 22.2 Å². The molecule has 0 atom stereocenters. The van der Waals surface area contributed by atoms with Crippen molar-refractivity contribution in [3.8, 4) is 11.5 Å². The van der Waals surface area contributed by atoms with Crippen LogP contribution in [0.5, 0.6) is 11.5 Å². The zero-order chi connectivity index (χ0) is 12.0. The molecule has 0 amide bonds. The maximum atomic E-state index is 5.52. The number of methoxy groups -OCH3 is 1. The van der Waals surface area contributed by atoms with E-state index in [0.29, 0.717) is 18.9 Å². The van der Waals surface area contributed by atoms with E-state index < -0.39 is 0 Å². The molecule has 0 aromatic heterocycles. The molecule has 0 saturated carbocycles. The second kappa shape index (κ2) is 6.55. The molecule has 1 aromatic carbocycles. The van der Waals surface area contributed by atoms with Crippen LogP contribution in [-0.4, -0.2) is 20.3 Å². The average Bonchev–Trinajstić information content (AvgIpc) is 2.27. The van der Waals surface area contributed by atoms with Crippen LogP contribution >= 0.6 is 15.9 Å². The predicted molar refractivity (Wildman–Crippen MR) is 69.3 cm³/mol. The normalized spacial score (nSPS) is 9.94. The molecule has 4 heteroatoms. The highest BCUT2D eigenvalue weighted by Crippen LogP contribution is 2.28. The SMILES string of the molecule is C=C(Br)COc1ccc(CCN)cc1OC. The summed E-state index contributed by atoms with van der Waals surface area (Å²) in [5.74, 6) is 1.43. The third kappa shape index (κ3) is 3.87. The van der Waals surface area contributed by atoms with Crippen molar-refractivity contribution in [3.05, 3.63) is 34.8 Å². The summed E-state index contributed by atoms with van der Waals surface area (Å²) in [7, 11) is 1.62. The van der Waals surface area contributed by atoms with Gasteiger partial charge in [-0.05, 0) is 30.7 Å². The maximum Gasteiger partial charge on any atom is 0.161 e. The predicted octanol–water partition coefficient (Wildman–Crippen LogP) is 2.48. The van der Waals surface area contributed by atoms with Gasteiger partial charge < -0.3 is 15.2 Å². The molecule has 0 radical (unpaired) electrons. The smallest absolute Gasteiger partial charge is 0.161 e. The number of benzene rings is 1. The lowest BCUT2D eigenvalue weighted by Gasteiger charge is -2.11. The minimum absolute atomic E-state index is 0.423. The van der Waals surface area contributed by atoms with Crippen LogP contribution in [0, 0.1) is 0 Å². The molecule has 0 bridgehead atoms. The van der Waals surface area contributed by atoms with Crippen molar-refractivity contribution in [2.75, 3.05) is 20.3 Å². The van der Waals surface area contributed by atoms with E-state index in [1.807, 2.05) is 18.2 Å². The summed E-state index contributed by atoms with van der Waals surface area (Å²) in [6, 6.07) is 5.82. The topological polar surface area (TPSA) is 44.5 Å². The first kappa shape index (κ1) is 13.1. The maximum absolute atomic E-state index is 5.52. The molecule has 3 nitrogen and oxygen atoms in total. The zero-order valence-corrected chi connectivity index (χ0v) is 10.9. The third-order valence-corrected chi connectivity index (χ3v) is 2.27. The molecule has 2 N–H and O–H groups in total. The fourth-order valence-corrected chi connectivity index (χ4v) is 1.42. The van der Waals surface area contributed by atoms with Gasteiger partial charge in [0.05, 0.1) is 7.11 Å². The molecule has 16 heavy (non-hydrogen) atoms. The lowest BCUT2D eigenvalue weighted by molar-refractivity contribution is 0.325. The molecule has 0 aliphatic carbocycles. The van der Waals surface area contributed by atoms with Crippen molar-refractivity contribution in [3.63, 3.8) is 0 Å². The fourth-order valence-electron chi connectivity index (χ4n) is 1.31. The lowest BCUT2D eigenvalue weighted by Crippen LogP contribution is -2.04. The second-order valence-corrected chi connectivity index (χ2v) is 4.45. The van der Waals surface area contributed by atoms with Crippen LogP contribution in [0.3, 0.4) is 0 Å². The first-order valence-electron chi connectivity index (χ1n) is 5.00. The van der Waals surface area contributed by atoms with E-state index in [1.54, 1.807) is 7.11 Å². The van der Waals surface area contributed by atoms with Crippen molar-refractivity contribution in [1.82, 2.24) is 0 Å². The van der Waals surface area contributed by atoms with Gasteiger partial charge in [0.25, 0.3) is 0 Å². The van der Waals surface area contributed by atoms with Crippen LogP contribution in [0.1, 0.15) is 5.56 Å². The number of ether oxygens (including phenoxy) is 2. The highest BCUT2D eigenvalue weighted by molar-refractivity contribution is 9.11. The standard InChI is InChI=1S/C12H16BrNO2/c1-9(13)8-16-11-4-3-10(5-6-14)7-12(11)15-2/h3-4,7H,1,5-6,8,14H2,2H3. The average molecular weight is 286 g/mol. The monoisotopic (exact) mass is 285 g/mol. The largest absolute Gasteiger partial charge is 0.493 e. The van der Waals surface area contributed by atoms with E-state index in [2.05, 4.69) is 22.5 Å². The minimum atomic E-state index is 0.423. The summed E-state index contributed by atoms with van der Waals surface area (Å²) in [4.78, 5) is 0. The molecule has 0 unspecified atom stereocenters. The molecular formula is C12H16BrNO2. The van der Waals surface area contributed by atoms with E-state index >= 15 is 0 Å². The van der Waals surface area contributed by atoms with Gasteiger partial charge >= 0.3 is 0 Å². The molecule has 0 aliphatic heterocycles.